The van der Waals surface area contributed by atoms with Crippen molar-refractivity contribution < 1.29 is 14.3 Å². The number of hydrogen-bond donors (Lipinski definition) is 3. The van der Waals surface area contributed by atoms with Crippen molar-refractivity contribution in [3.05, 3.63) is 82.2 Å². The number of fused-ring (bicyclic) bond motifs is 1. The van der Waals surface area contributed by atoms with Crippen molar-refractivity contribution in [3.63, 3.8) is 0 Å². The average molecular weight is 567 g/mol. The summed E-state index contributed by atoms with van der Waals surface area (Å²) in [6.45, 7) is 9.08. The SMILES string of the molecule is Bc1cc(CNC(=O)c2cccc(C(=O)NCc3c(CC)nc4c(cnn4CC)c3NC3CCOCC3)c2)ccc1C. The van der Waals surface area contributed by atoms with Crippen molar-refractivity contribution in [3.8, 4) is 0 Å². The number of amides is 2. The molecule has 4 aromatic rings. The van der Waals surface area contributed by atoms with Gasteiger partial charge in [-0.25, -0.2) is 9.67 Å². The summed E-state index contributed by atoms with van der Waals surface area (Å²) < 4.78 is 7.47. The minimum Gasteiger partial charge on any atom is -0.381 e. The third-order valence-electron chi connectivity index (χ3n) is 8.01. The smallest absolute Gasteiger partial charge is 0.251 e. The van der Waals surface area contributed by atoms with E-state index in [0.717, 1.165) is 66.1 Å². The first-order chi connectivity index (χ1) is 20.4. The fourth-order valence-corrected chi connectivity index (χ4v) is 5.37. The van der Waals surface area contributed by atoms with Gasteiger partial charge in [0.05, 0.1) is 17.3 Å². The molecule has 0 aliphatic carbocycles. The van der Waals surface area contributed by atoms with E-state index in [1.165, 1.54) is 11.0 Å². The lowest BCUT2D eigenvalue weighted by Crippen LogP contribution is -2.30. The highest BCUT2D eigenvalue weighted by Crippen LogP contribution is 2.31. The third kappa shape index (κ3) is 6.49. The van der Waals surface area contributed by atoms with E-state index in [2.05, 4.69) is 61.8 Å². The van der Waals surface area contributed by atoms with Gasteiger partial charge in [0.2, 0.25) is 0 Å². The monoisotopic (exact) mass is 566 g/mol. The molecule has 3 heterocycles. The quantitative estimate of drug-likeness (QED) is 0.255. The number of carbonyl (C=O) groups is 2. The standard InChI is InChI=1S/C32H39BN6O3/c1-4-28-25(29(37-24-11-13-42-14-12-24)26-19-36-39(5-2)30(26)38-28)18-35-32(41)23-8-6-7-22(16-23)31(40)34-17-21-10-9-20(3)27(33)15-21/h6-10,15-16,19,24H,4-5,11-14,17-18,33H2,1-3H3,(H,34,40)(H,35,41)(H,37,38). The van der Waals surface area contributed by atoms with Gasteiger partial charge >= 0.3 is 0 Å². The predicted molar refractivity (Wildman–Crippen MR) is 168 cm³/mol. The van der Waals surface area contributed by atoms with Crippen molar-refractivity contribution >= 4 is 41.8 Å². The highest BCUT2D eigenvalue weighted by atomic mass is 16.5. The normalized spacial score (nSPS) is 13.7. The first-order valence-electron chi connectivity index (χ1n) is 14.8. The second-order valence-corrected chi connectivity index (χ2v) is 10.9. The van der Waals surface area contributed by atoms with Crippen LogP contribution in [0.3, 0.4) is 0 Å². The molecule has 9 nitrogen and oxygen atoms in total. The van der Waals surface area contributed by atoms with Gasteiger partial charge in [-0.15, -0.1) is 0 Å². The first-order valence-corrected chi connectivity index (χ1v) is 14.8. The van der Waals surface area contributed by atoms with E-state index in [9.17, 15) is 9.59 Å². The highest BCUT2D eigenvalue weighted by Gasteiger charge is 2.22. The van der Waals surface area contributed by atoms with Gasteiger partial charge in [0, 0.05) is 61.3 Å². The molecule has 42 heavy (non-hydrogen) atoms. The molecule has 1 fully saturated rings. The molecule has 0 unspecified atom stereocenters. The van der Waals surface area contributed by atoms with Gasteiger partial charge in [-0.2, -0.15) is 5.10 Å². The van der Waals surface area contributed by atoms with Gasteiger partial charge in [0.1, 0.15) is 7.85 Å². The molecule has 0 bridgehead atoms. The molecule has 5 rings (SSSR count). The zero-order valence-electron chi connectivity index (χ0n) is 24.9. The molecule has 0 atom stereocenters. The molecule has 218 valence electrons. The zero-order valence-corrected chi connectivity index (χ0v) is 24.9. The van der Waals surface area contributed by atoms with Crippen molar-refractivity contribution in [2.45, 2.75) is 65.7 Å². The van der Waals surface area contributed by atoms with E-state index < -0.39 is 0 Å². The Hall–Kier alpha value is -4.18. The number of anilines is 1. The Bertz CT molecular complexity index is 1590. The number of benzene rings is 2. The van der Waals surface area contributed by atoms with Crippen LogP contribution in [0.2, 0.25) is 0 Å². The van der Waals surface area contributed by atoms with Crippen LogP contribution in [-0.2, 0) is 30.8 Å². The molecule has 10 heteroatoms. The largest absolute Gasteiger partial charge is 0.381 e. The van der Waals surface area contributed by atoms with Crippen LogP contribution in [0.1, 0.15) is 69.8 Å². The van der Waals surface area contributed by atoms with E-state index >= 15 is 0 Å². The fourth-order valence-electron chi connectivity index (χ4n) is 5.37. The Morgan fingerprint density at radius 1 is 1.02 bits per heavy atom. The van der Waals surface area contributed by atoms with Gasteiger partial charge in [-0.1, -0.05) is 42.2 Å². The van der Waals surface area contributed by atoms with Crippen LogP contribution < -0.4 is 21.4 Å². The Morgan fingerprint density at radius 3 is 2.40 bits per heavy atom. The lowest BCUT2D eigenvalue weighted by molar-refractivity contribution is 0.0904. The van der Waals surface area contributed by atoms with Gasteiger partial charge < -0.3 is 20.7 Å². The van der Waals surface area contributed by atoms with E-state index in [4.69, 9.17) is 9.72 Å². The van der Waals surface area contributed by atoms with Crippen LogP contribution >= 0.6 is 0 Å². The number of ether oxygens (including phenoxy) is 1. The fraction of sp³-hybridized carbons (Fsp3) is 0.375. The Balaban J connectivity index is 1.33. The van der Waals surface area contributed by atoms with Crippen molar-refractivity contribution in [2.24, 2.45) is 0 Å². The van der Waals surface area contributed by atoms with Crippen LogP contribution in [-0.4, -0.2) is 53.7 Å². The summed E-state index contributed by atoms with van der Waals surface area (Å²) in [5.74, 6) is -0.469. The maximum atomic E-state index is 13.3. The third-order valence-corrected chi connectivity index (χ3v) is 8.01. The van der Waals surface area contributed by atoms with Gasteiger partial charge in [0.15, 0.2) is 5.65 Å². The van der Waals surface area contributed by atoms with Crippen molar-refractivity contribution in [1.82, 2.24) is 25.4 Å². The Kier molecular flexibility index (Phi) is 9.22. The molecule has 0 spiro atoms. The molecular formula is C32H39BN6O3. The van der Waals surface area contributed by atoms with Crippen molar-refractivity contribution in [1.29, 1.82) is 0 Å². The highest BCUT2D eigenvalue weighted by molar-refractivity contribution is 6.33. The summed E-state index contributed by atoms with van der Waals surface area (Å²) in [6.07, 6.45) is 4.40. The number of aryl methyl sites for hydroxylation is 3. The van der Waals surface area contributed by atoms with Crippen LogP contribution in [0.5, 0.6) is 0 Å². The second kappa shape index (κ2) is 13.2. The molecule has 1 saturated heterocycles. The van der Waals surface area contributed by atoms with E-state index in [-0.39, 0.29) is 17.9 Å². The first kappa shape index (κ1) is 29.3. The molecule has 2 aromatic heterocycles. The zero-order chi connectivity index (χ0) is 29.6. The number of nitrogens with one attached hydrogen (secondary N) is 3. The summed E-state index contributed by atoms with van der Waals surface area (Å²) in [7, 11) is 2.06. The average Bonchev–Trinajstić information content (AvgIpc) is 3.44. The topological polar surface area (TPSA) is 110 Å². The molecule has 1 aliphatic rings. The summed E-state index contributed by atoms with van der Waals surface area (Å²) in [6, 6.07) is 13.2. The molecule has 0 saturated carbocycles. The molecular weight excluding hydrogens is 527 g/mol. The van der Waals surface area contributed by atoms with Crippen molar-refractivity contribution in [2.75, 3.05) is 18.5 Å². The summed E-state index contributed by atoms with van der Waals surface area (Å²) in [5.41, 5.74) is 8.01. The number of aromatic nitrogens is 3. The number of pyridine rings is 1. The van der Waals surface area contributed by atoms with Crippen LogP contribution in [0.15, 0.2) is 48.7 Å². The predicted octanol–water partition coefficient (Wildman–Crippen LogP) is 3.03. The maximum absolute atomic E-state index is 13.3. The summed E-state index contributed by atoms with van der Waals surface area (Å²) in [4.78, 5) is 31.2. The molecule has 2 amide bonds. The minimum absolute atomic E-state index is 0.221. The van der Waals surface area contributed by atoms with Gasteiger partial charge in [-0.05, 0) is 56.9 Å². The lowest BCUT2D eigenvalue weighted by Gasteiger charge is -2.26. The summed E-state index contributed by atoms with van der Waals surface area (Å²) in [5, 5.41) is 15.3. The number of nitrogens with zero attached hydrogens (tertiary/aromatic N) is 3. The number of rotatable bonds is 10. The minimum atomic E-state index is -0.248. The molecule has 3 N–H and O–H groups in total. The van der Waals surface area contributed by atoms with E-state index in [1.807, 2.05) is 16.9 Å². The molecule has 1 aliphatic heterocycles. The van der Waals surface area contributed by atoms with Crippen LogP contribution in [0.4, 0.5) is 5.69 Å². The maximum Gasteiger partial charge on any atom is 0.251 e. The Morgan fingerprint density at radius 2 is 1.74 bits per heavy atom. The van der Waals surface area contributed by atoms with Gasteiger partial charge in [0.25, 0.3) is 11.8 Å². The number of carbonyl (C=O) groups excluding carboxylic acids is 2. The van der Waals surface area contributed by atoms with Gasteiger partial charge in [-0.3, -0.25) is 9.59 Å². The molecule has 0 radical (unpaired) electrons. The lowest BCUT2D eigenvalue weighted by atomic mass is 9.89. The summed E-state index contributed by atoms with van der Waals surface area (Å²) >= 11 is 0. The van der Waals surface area contributed by atoms with Crippen LogP contribution in [0, 0.1) is 6.92 Å². The van der Waals surface area contributed by atoms with E-state index in [0.29, 0.717) is 30.6 Å². The number of hydrogen-bond acceptors (Lipinski definition) is 6. The molecule has 2 aromatic carbocycles. The van der Waals surface area contributed by atoms with Crippen LogP contribution in [0.25, 0.3) is 11.0 Å². The Labute approximate surface area is 247 Å². The second-order valence-electron chi connectivity index (χ2n) is 10.9. The van der Waals surface area contributed by atoms with E-state index in [1.54, 1.807) is 24.3 Å².